The fraction of sp³-hybridized carbons (Fsp3) is 0.228. The number of nitrogens with zero attached hydrogens (tertiary/aromatic N) is 16. The van der Waals surface area contributed by atoms with Gasteiger partial charge in [-0.15, -0.1) is 0 Å². The first-order valence-corrected chi connectivity index (χ1v) is 45.2. The van der Waals surface area contributed by atoms with Crippen LogP contribution in [0.3, 0.4) is 0 Å². The number of amidine groups is 7. The van der Waals surface area contributed by atoms with Crippen molar-refractivity contribution in [3.05, 3.63) is 369 Å². The van der Waals surface area contributed by atoms with Crippen molar-refractivity contribution in [1.82, 2.24) is 66.1 Å². The highest BCUT2D eigenvalue weighted by atomic mass is 35.5. The molecule has 13 aromatic rings. The Kier molecular flexibility index (Phi) is 31.4. The van der Waals surface area contributed by atoms with Gasteiger partial charge in [-0.2, -0.15) is 0 Å². The molecule has 8 aliphatic rings. The van der Waals surface area contributed by atoms with Gasteiger partial charge in [0.15, 0.2) is 29.2 Å². The Bertz CT molecular complexity index is 6540. The number of carbonyl (C=O) groups excluding carboxylic acids is 2. The molecule has 133 heavy (non-hydrogen) atoms. The molecule has 9 aromatic heterocycles. The second-order valence-corrected chi connectivity index (χ2v) is 33.9. The molecule has 0 bridgehead atoms. The third kappa shape index (κ3) is 24.7. The zero-order valence-corrected chi connectivity index (χ0v) is 77.8. The lowest BCUT2D eigenvalue weighted by Crippen LogP contribution is -2.34. The van der Waals surface area contributed by atoms with E-state index in [2.05, 4.69) is 176 Å². The van der Waals surface area contributed by atoms with Crippen LogP contribution in [0.2, 0.25) is 20.1 Å². The summed E-state index contributed by atoms with van der Waals surface area (Å²) >= 11 is 24.4. The van der Waals surface area contributed by atoms with Crippen LogP contribution in [0.15, 0.2) is 261 Å². The Morgan fingerprint density at radius 1 is 0.331 bits per heavy atom. The minimum Gasteiger partial charge on any atom is -0.372 e. The van der Waals surface area contributed by atoms with Crippen molar-refractivity contribution in [3.63, 3.8) is 0 Å². The van der Waals surface area contributed by atoms with E-state index in [0.29, 0.717) is 70.3 Å². The number of amides is 4. The van der Waals surface area contributed by atoms with E-state index < -0.39 is 0 Å². The predicted molar refractivity (Wildman–Crippen MR) is 535 cm³/mol. The summed E-state index contributed by atoms with van der Waals surface area (Å²) in [5.41, 5.74) is 26.9. The summed E-state index contributed by atoms with van der Waals surface area (Å²) in [7, 11) is 1.78. The Labute approximate surface area is 792 Å². The average molecular weight is 1850 g/mol. The molecule has 32 heteroatoms. The van der Waals surface area contributed by atoms with E-state index in [9.17, 15) is 9.59 Å². The minimum atomic E-state index is -0.310. The number of rotatable bonds is 10. The number of halogens is 4. The summed E-state index contributed by atoms with van der Waals surface area (Å²) in [6.45, 7) is 20.4. The van der Waals surface area contributed by atoms with Crippen LogP contribution < -0.4 is 53.2 Å². The highest BCUT2D eigenvalue weighted by molar-refractivity contribution is 6.36. The molecule has 0 unspecified atom stereocenters. The van der Waals surface area contributed by atoms with Crippen LogP contribution in [0.4, 0.5) is 43.8 Å². The number of hydrogen-bond acceptors (Lipinski definition) is 24. The molecular weight excluding hydrogens is 1750 g/mol. The zero-order chi connectivity index (χ0) is 92.7. The molecule has 16 heterocycles. The summed E-state index contributed by atoms with van der Waals surface area (Å²) in [5, 5.41) is 33.0. The smallest absolute Gasteiger partial charge is 0.324 e. The van der Waals surface area contributed by atoms with Crippen molar-refractivity contribution in [1.29, 1.82) is 0 Å². The van der Waals surface area contributed by atoms with Crippen molar-refractivity contribution in [2.45, 2.75) is 133 Å². The largest absolute Gasteiger partial charge is 0.372 e. The van der Waals surface area contributed by atoms with Crippen LogP contribution >= 0.6 is 46.4 Å². The van der Waals surface area contributed by atoms with E-state index >= 15 is 0 Å². The van der Waals surface area contributed by atoms with Crippen molar-refractivity contribution in [3.8, 4) is 0 Å². The average Bonchev–Trinajstić information content (AvgIpc) is 1.72. The van der Waals surface area contributed by atoms with Crippen molar-refractivity contribution in [2.75, 3.05) is 45.5 Å². The molecule has 7 aliphatic heterocycles. The standard InChI is InChI=1S/2C16H16N4O.C15H15N3.C14H11Cl2N3.C14H19N3.C13H12ClN5.C13H11ClN4/c2*1-10-5-6-13(8-11(10)2)19-16(21)20-15-14-12(9-18-15)4-3-7-17-14;1-11-4-2-5-12(8-11)9-17-15-14-13(10-18-15)6-3-7-16-14;1-8-11(15)5-10(6-12(8)16)19-14-13-9(7-18-14)3-2-4-17-13;1-2-5-11(6-3-1)9-16-14-13-12(10-17-14)7-4-8-15-13;1-15-12-10(14)5-9(7-18-12)19-13-11-8(6-17-13)3-2-4-16-11;1-8-11(14)5-10(7-16-8)18-13-12-9(6-17-13)3-2-4-15-12/h2*3-8H,9H2,1-2H3,(H2,18,19,20,21);2-8H,9-10H2,1H3,(H,17,18);2-6H,7H2,1H3,(H,18,19);4,7-8,11H,1-3,5-6,9-10H2,(H,16,17);2-5,7H,6H2,1H3,(H,15,18)(H,17,19);2-5,7H,6H2,1H3,(H,17,18). The predicted octanol–water partition coefficient (Wildman–Crippen LogP) is 19.9. The van der Waals surface area contributed by atoms with Crippen molar-refractivity contribution < 1.29 is 9.59 Å². The highest BCUT2D eigenvalue weighted by Crippen LogP contribution is 2.32. The van der Waals surface area contributed by atoms with Crippen LogP contribution in [0.1, 0.15) is 156 Å². The topological polar surface area (TPSA) is 357 Å². The monoisotopic (exact) mass is 1850 g/mol. The van der Waals surface area contributed by atoms with Crippen molar-refractivity contribution >= 4 is 134 Å². The van der Waals surface area contributed by atoms with Crippen LogP contribution in [-0.4, -0.2) is 111 Å². The molecule has 0 radical (unpaired) electrons. The number of fused-ring (bicyclic) bond motifs is 7. The van der Waals surface area contributed by atoms with Crippen LogP contribution in [0.5, 0.6) is 0 Å². The summed E-state index contributed by atoms with van der Waals surface area (Å²) in [6, 6.07) is 54.4. The van der Waals surface area contributed by atoms with Crippen molar-refractivity contribution in [2.24, 2.45) is 40.9 Å². The quantitative estimate of drug-likeness (QED) is 0.0608. The maximum absolute atomic E-state index is 12.0. The Balaban J connectivity index is 0.000000119. The number of carbonyl (C=O) groups is 2. The number of pyridine rings is 9. The number of anilines is 6. The molecule has 4 aromatic carbocycles. The minimum absolute atomic E-state index is 0.310. The summed E-state index contributed by atoms with van der Waals surface area (Å²) < 4.78 is 0. The molecule has 28 nitrogen and oxygen atoms in total. The molecule has 10 N–H and O–H groups in total. The molecule has 0 atom stereocenters. The number of nitrogens with one attached hydrogen (secondary N) is 10. The maximum Gasteiger partial charge on any atom is 0.324 e. The van der Waals surface area contributed by atoms with Gasteiger partial charge in [-0.1, -0.05) is 150 Å². The number of hydrogen-bond donors (Lipinski definition) is 10. The van der Waals surface area contributed by atoms with Gasteiger partial charge in [0.05, 0.1) is 85.3 Å². The Morgan fingerprint density at radius 2 is 0.692 bits per heavy atom. The molecule has 0 spiro atoms. The number of benzene rings is 4. The fourth-order valence-electron chi connectivity index (χ4n) is 15.1. The van der Waals surface area contributed by atoms with Gasteiger partial charge in [-0.3, -0.25) is 85.5 Å². The molecule has 0 saturated heterocycles. The number of aliphatic imine (C=N–C) groups is 7. The van der Waals surface area contributed by atoms with E-state index in [0.717, 1.165) is 180 Å². The first-order valence-electron chi connectivity index (χ1n) is 43.7. The molecule has 674 valence electrons. The third-order valence-corrected chi connectivity index (χ3v) is 24.1. The van der Waals surface area contributed by atoms with Gasteiger partial charge in [0, 0.05) is 130 Å². The van der Waals surface area contributed by atoms with E-state index in [4.69, 9.17) is 46.4 Å². The lowest BCUT2D eigenvalue weighted by molar-refractivity contribution is 0.255. The van der Waals surface area contributed by atoms with Crippen LogP contribution in [-0.2, 0) is 52.4 Å². The number of aryl methyl sites for hydroxylation is 6. The normalized spacial score (nSPS) is 13.8. The maximum atomic E-state index is 12.0. The molecule has 21 rings (SSSR count). The van der Waals surface area contributed by atoms with Gasteiger partial charge in [-0.25, -0.2) is 14.6 Å². The van der Waals surface area contributed by atoms with Gasteiger partial charge in [0.2, 0.25) is 0 Å². The third-order valence-electron chi connectivity index (χ3n) is 22.7. The lowest BCUT2D eigenvalue weighted by Gasteiger charge is -2.22. The second kappa shape index (κ2) is 44.8. The molecule has 1 aliphatic carbocycles. The lowest BCUT2D eigenvalue weighted by atomic mass is 9.89. The van der Waals surface area contributed by atoms with Gasteiger partial charge >= 0.3 is 12.1 Å². The number of aromatic nitrogens is 9. The van der Waals surface area contributed by atoms with Crippen LogP contribution in [0.25, 0.3) is 0 Å². The van der Waals surface area contributed by atoms with Gasteiger partial charge < -0.3 is 42.5 Å². The van der Waals surface area contributed by atoms with Crippen LogP contribution in [0, 0.1) is 54.4 Å². The van der Waals surface area contributed by atoms with Gasteiger partial charge in [-0.05, 0) is 192 Å². The molecule has 4 amide bonds. The Morgan fingerprint density at radius 3 is 1.08 bits per heavy atom. The fourth-order valence-corrected chi connectivity index (χ4v) is 16.0. The summed E-state index contributed by atoms with van der Waals surface area (Å²) in [6.07, 6.45) is 22.7. The summed E-state index contributed by atoms with van der Waals surface area (Å²) in [5.74, 6) is 6.72. The Hall–Kier alpha value is -14.6. The molecule has 1 saturated carbocycles. The first kappa shape index (κ1) is 93.1. The molecular formula is C101H100Cl4N26O2. The van der Waals surface area contributed by atoms with E-state index in [1.54, 1.807) is 50.4 Å². The molecule has 1 fully saturated rings. The first-order chi connectivity index (χ1) is 64.7. The highest BCUT2D eigenvalue weighted by Gasteiger charge is 2.26. The van der Waals surface area contributed by atoms with Gasteiger partial charge in [0.25, 0.3) is 0 Å². The number of urea groups is 2. The van der Waals surface area contributed by atoms with E-state index in [-0.39, 0.29) is 12.1 Å². The summed E-state index contributed by atoms with van der Waals surface area (Å²) in [4.78, 5) is 93.7. The SMILES string of the molecule is CNc1ncc(NC2=NCc3cccnc32)cc1Cl.Cc1c(Cl)cc(NC2=NCc3cccnc32)cc1Cl.Cc1ccc(NC(=O)NC2=NCc3cccnc32)cc1C.Cc1ccc(NC(=O)NC2=NCc3cccnc32)cc1C.Cc1cccc(CNC2=NCc3cccnc32)c1.Cc1ncc(NC2=NCc3cccnc32)cc1Cl.c1cnc2c(c1)CN=C2NCC1CCCCC1. The zero-order valence-electron chi connectivity index (χ0n) is 74.8. The van der Waals surface area contributed by atoms with E-state index in [1.807, 2.05) is 187 Å². The second-order valence-electron chi connectivity index (χ2n) is 32.3. The van der Waals surface area contributed by atoms with Gasteiger partial charge in [0.1, 0.15) is 57.3 Å². The van der Waals surface area contributed by atoms with E-state index in [1.165, 1.54) is 65.5 Å².